The number of amides is 2. The summed E-state index contributed by atoms with van der Waals surface area (Å²) < 4.78 is 5.97. The van der Waals surface area contributed by atoms with Gasteiger partial charge in [0.05, 0.1) is 35.4 Å². The van der Waals surface area contributed by atoms with Crippen LogP contribution in [0.15, 0.2) is 6.20 Å². The molecular weight excluding hydrogens is 322 g/mol. The van der Waals surface area contributed by atoms with Gasteiger partial charge in [-0.05, 0) is 38.8 Å². The zero-order valence-corrected chi connectivity index (χ0v) is 14.5. The number of anilines is 1. The zero-order valence-electron chi connectivity index (χ0n) is 14.5. The Morgan fingerprint density at radius 2 is 1.92 bits per heavy atom. The van der Waals surface area contributed by atoms with E-state index in [0.29, 0.717) is 23.2 Å². The Morgan fingerprint density at radius 1 is 1.28 bits per heavy atom. The number of imide groups is 1. The molecular formula is C18H19N3O4. The van der Waals surface area contributed by atoms with Gasteiger partial charge in [0, 0.05) is 6.42 Å². The molecule has 5 unspecified atom stereocenters. The number of aliphatic hydroxyl groups excluding tert-OH is 1. The van der Waals surface area contributed by atoms with E-state index in [0.717, 1.165) is 0 Å². The molecule has 1 aromatic rings. The van der Waals surface area contributed by atoms with Gasteiger partial charge < -0.3 is 9.84 Å². The Labute approximate surface area is 145 Å². The number of nitrogens with zero attached hydrogens (tertiary/aromatic N) is 3. The monoisotopic (exact) mass is 341 g/mol. The standard InChI is InChI=1S/C18H19N3O4/c1-8-9(2)11(7-20-10(8)6-19)21-15(23)13-14(16(21)24)18(4)12(22)5-17(13,3)25-18/h7,12-14,22H,5H2,1-4H3. The lowest BCUT2D eigenvalue weighted by Gasteiger charge is -2.31. The SMILES string of the molecule is Cc1c(N2C(=O)C3C(C2=O)C2(C)OC3(C)CC2O)cnc(C#N)c1C. The normalized spacial score (nSPS) is 39.0. The lowest BCUT2D eigenvalue weighted by atomic mass is 9.67. The van der Waals surface area contributed by atoms with Gasteiger partial charge in [-0.25, -0.2) is 9.88 Å². The van der Waals surface area contributed by atoms with E-state index in [1.54, 1.807) is 27.7 Å². The first-order chi connectivity index (χ1) is 11.7. The number of nitriles is 1. The highest BCUT2D eigenvalue weighted by Gasteiger charge is 2.75. The van der Waals surface area contributed by atoms with Crippen LogP contribution >= 0.6 is 0 Å². The molecule has 130 valence electrons. The third kappa shape index (κ3) is 1.73. The first kappa shape index (κ1) is 16.2. The molecule has 0 saturated carbocycles. The minimum Gasteiger partial charge on any atom is -0.390 e. The van der Waals surface area contributed by atoms with Gasteiger partial charge in [0.25, 0.3) is 0 Å². The van der Waals surface area contributed by atoms with E-state index in [-0.39, 0.29) is 17.5 Å². The number of pyridine rings is 1. The third-order valence-electron chi connectivity index (χ3n) is 6.26. The van der Waals surface area contributed by atoms with Gasteiger partial charge in [0.2, 0.25) is 11.8 Å². The number of carbonyl (C=O) groups excluding carboxylic acids is 2. The van der Waals surface area contributed by atoms with Gasteiger partial charge in [-0.3, -0.25) is 9.59 Å². The number of aromatic nitrogens is 1. The van der Waals surface area contributed by atoms with E-state index < -0.39 is 29.1 Å². The van der Waals surface area contributed by atoms with Gasteiger partial charge in [-0.15, -0.1) is 0 Å². The molecule has 7 nitrogen and oxygen atoms in total. The smallest absolute Gasteiger partial charge is 0.240 e. The topological polar surface area (TPSA) is 104 Å². The van der Waals surface area contributed by atoms with Crippen LogP contribution in [0.3, 0.4) is 0 Å². The van der Waals surface area contributed by atoms with Crippen molar-refractivity contribution < 1.29 is 19.4 Å². The maximum Gasteiger partial charge on any atom is 0.240 e. The van der Waals surface area contributed by atoms with Crippen LogP contribution in [-0.2, 0) is 14.3 Å². The lowest BCUT2D eigenvalue weighted by molar-refractivity contribution is -0.132. The molecule has 0 radical (unpaired) electrons. The van der Waals surface area contributed by atoms with Crippen molar-refractivity contribution in [2.75, 3.05) is 4.90 Å². The van der Waals surface area contributed by atoms with Crippen LogP contribution in [-0.4, -0.2) is 39.2 Å². The van der Waals surface area contributed by atoms with Gasteiger partial charge >= 0.3 is 0 Å². The summed E-state index contributed by atoms with van der Waals surface area (Å²) >= 11 is 0. The van der Waals surface area contributed by atoms with Crippen molar-refractivity contribution in [3.63, 3.8) is 0 Å². The summed E-state index contributed by atoms with van der Waals surface area (Å²) in [6.45, 7) is 7.01. The minimum atomic E-state index is -1.05. The van der Waals surface area contributed by atoms with Gasteiger partial charge in [0.1, 0.15) is 17.4 Å². The molecule has 0 aromatic carbocycles. The largest absolute Gasteiger partial charge is 0.390 e. The van der Waals surface area contributed by atoms with Gasteiger partial charge in [0.15, 0.2) is 0 Å². The molecule has 3 aliphatic rings. The molecule has 0 aliphatic carbocycles. The quantitative estimate of drug-likeness (QED) is 0.764. The number of hydrogen-bond acceptors (Lipinski definition) is 6. The van der Waals surface area contributed by atoms with E-state index >= 15 is 0 Å². The van der Waals surface area contributed by atoms with Crippen molar-refractivity contribution in [1.82, 2.24) is 4.98 Å². The molecule has 0 spiro atoms. The summed E-state index contributed by atoms with van der Waals surface area (Å²) in [7, 11) is 0. The van der Waals surface area contributed by atoms with E-state index in [1.807, 2.05) is 6.07 Å². The fraction of sp³-hybridized carbons (Fsp3) is 0.556. The molecule has 1 N–H and O–H groups in total. The highest BCUT2D eigenvalue weighted by molar-refractivity contribution is 6.23. The van der Waals surface area contributed by atoms with Crippen LogP contribution < -0.4 is 4.90 Å². The molecule has 7 heteroatoms. The zero-order chi connectivity index (χ0) is 18.3. The summed E-state index contributed by atoms with van der Waals surface area (Å²) in [6, 6.07) is 2.01. The Morgan fingerprint density at radius 3 is 2.56 bits per heavy atom. The van der Waals surface area contributed by atoms with Gasteiger partial charge in [-0.2, -0.15) is 5.26 Å². The van der Waals surface area contributed by atoms with Crippen LogP contribution in [0.5, 0.6) is 0 Å². The molecule has 2 amide bonds. The summed E-state index contributed by atoms with van der Waals surface area (Å²) in [5.41, 5.74) is 0.111. The highest BCUT2D eigenvalue weighted by Crippen LogP contribution is 2.61. The molecule has 4 heterocycles. The van der Waals surface area contributed by atoms with Crippen LogP contribution in [0.4, 0.5) is 5.69 Å². The Bertz CT molecular complexity index is 876. The average molecular weight is 341 g/mol. The first-order valence-electron chi connectivity index (χ1n) is 8.28. The maximum absolute atomic E-state index is 13.1. The third-order valence-corrected chi connectivity index (χ3v) is 6.26. The Kier molecular flexibility index (Phi) is 3.01. The van der Waals surface area contributed by atoms with E-state index in [2.05, 4.69) is 4.98 Å². The van der Waals surface area contributed by atoms with Crippen molar-refractivity contribution in [2.24, 2.45) is 11.8 Å². The molecule has 5 atom stereocenters. The van der Waals surface area contributed by atoms with Crippen molar-refractivity contribution >= 4 is 17.5 Å². The number of fused-ring (bicyclic) bond motifs is 5. The van der Waals surface area contributed by atoms with Gasteiger partial charge in [-0.1, -0.05) is 0 Å². The second-order valence-electron chi connectivity index (χ2n) is 7.64. The Balaban J connectivity index is 1.84. The summed E-state index contributed by atoms with van der Waals surface area (Å²) in [5, 5.41) is 19.5. The predicted octanol–water partition coefficient (Wildman–Crippen LogP) is 0.988. The van der Waals surface area contributed by atoms with Crippen molar-refractivity contribution in [3.8, 4) is 6.07 Å². The fourth-order valence-corrected chi connectivity index (χ4v) is 4.79. The molecule has 3 fully saturated rings. The van der Waals surface area contributed by atoms with Crippen LogP contribution in [0.1, 0.15) is 37.1 Å². The minimum absolute atomic E-state index is 0.276. The van der Waals surface area contributed by atoms with Crippen LogP contribution in [0.25, 0.3) is 0 Å². The first-order valence-corrected chi connectivity index (χ1v) is 8.28. The fourth-order valence-electron chi connectivity index (χ4n) is 4.79. The van der Waals surface area contributed by atoms with E-state index in [4.69, 9.17) is 10.00 Å². The second-order valence-corrected chi connectivity index (χ2v) is 7.64. The predicted molar refractivity (Wildman–Crippen MR) is 86.4 cm³/mol. The summed E-state index contributed by atoms with van der Waals surface area (Å²) in [5.74, 6) is -2.00. The molecule has 3 saturated heterocycles. The maximum atomic E-state index is 13.1. The molecule has 3 aliphatic heterocycles. The van der Waals surface area contributed by atoms with Crippen molar-refractivity contribution in [2.45, 2.75) is 51.4 Å². The van der Waals surface area contributed by atoms with Crippen LogP contribution in [0, 0.1) is 37.0 Å². The molecule has 4 rings (SSSR count). The number of aliphatic hydroxyl groups is 1. The second kappa shape index (κ2) is 4.65. The molecule has 25 heavy (non-hydrogen) atoms. The number of hydrogen-bond donors (Lipinski definition) is 1. The lowest BCUT2D eigenvalue weighted by Crippen LogP contribution is -2.49. The van der Waals surface area contributed by atoms with Crippen molar-refractivity contribution in [3.05, 3.63) is 23.0 Å². The highest BCUT2D eigenvalue weighted by atomic mass is 16.6. The van der Waals surface area contributed by atoms with E-state index in [9.17, 15) is 14.7 Å². The summed E-state index contributed by atoms with van der Waals surface area (Å²) in [4.78, 5) is 31.5. The number of ether oxygens (including phenoxy) is 1. The van der Waals surface area contributed by atoms with E-state index in [1.165, 1.54) is 11.1 Å². The molecule has 2 bridgehead atoms. The molecule has 1 aromatic heterocycles. The van der Waals surface area contributed by atoms with Crippen molar-refractivity contribution in [1.29, 1.82) is 5.26 Å². The number of carbonyl (C=O) groups is 2. The Hall–Kier alpha value is -2.30. The average Bonchev–Trinajstić information content (AvgIpc) is 3.05. The van der Waals surface area contributed by atoms with Crippen LogP contribution in [0.2, 0.25) is 0 Å². The number of rotatable bonds is 1. The summed E-state index contributed by atoms with van der Waals surface area (Å²) in [6.07, 6.45) is 0.959.